The highest BCUT2D eigenvalue weighted by Gasteiger charge is 2.28. The van der Waals surface area contributed by atoms with E-state index in [4.69, 9.17) is 4.74 Å². The van der Waals surface area contributed by atoms with E-state index < -0.39 is 5.97 Å². The Kier molecular flexibility index (Phi) is 5.91. The molecule has 0 aliphatic heterocycles. The minimum atomic E-state index is -0.414. The zero-order chi connectivity index (χ0) is 22.8. The third-order valence-electron chi connectivity index (χ3n) is 5.39. The lowest BCUT2D eigenvalue weighted by atomic mass is 9.96. The number of phenols is 1. The van der Waals surface area contributed by atoms with Gasteiger partial charge in [0.2, 0.25) is 0 Å². The van der Waals surface area contributed by atoms with Crippen molar-refractivity contribution in [3.05, 3.63) is 60.1 Å². The molecule has 0 bridgehead atoms. The van der Waals surface area contributed by atoms with Crippen molar-refractivity contribution in [2.75, 3.05) is 20.7 Å². The van der Waals surface area contributed by atoms with Gasteiger partial charge in [-0.2, -0.15) is 5.10 Å². The number of aryl methyl sites for hydroxylation is 1. The van der Waals surface area contributed by atoms with Crippen LogP contribution in [0, 0.1) is 0 Å². The van der Waals surface area contributed by atoms with Crippen LogP contribution in [0.5, 0.6) is 5.75 Å². The molecule has 0 atom stereocenters. The first kappa shape index (κ1) is 21.5. The van der Waals surface area contributed by atoms with E-state index in [1.54, 1.807) is 30.3 Å². The fraction of sp³-hybridized carbons (Fsp3) is 0.304. The molecule has 0 radical (unpaired) electrons. The lowest BCUT2D eigenvalue weighted by molar-refractivity contribution is 0.0526. The first-order valence-electron chi connectivity index (χ1n) is 10.3. The number of fused-ring (bicyclic) bond motifs is 1. The van der Waals surface area contributed by atoms with Gasteiger partial charge in [-0.3, -0.25) is 4.98 Å². The van der Waals surface area contributed by atoms with Crippen LogP contribution < -0.4 is 0 Å². The Hall–Kier alpha value is -3.72. The summed E-state index contributed by atoms with van der Waals surface area (Å²) >= 11 is 0. The van der Waals surface area contributed by atoms with Crippen molar-refractivity contribution in [2.24, 2.45) is 7.05 Å². The van der Waals surface area contributed by atoms with Gasteiger partial charge in [0.15, 0.2) is 0 Å². The molecule has 1 N–H and O–H groups in total. The molecule has 9 heteroatoms. The van der Waals surface area contributed by atoms with Crippen LogP contribution in [0.15, 0.2) is 43.2 Å². The van der Waals surface area contributed by atoms with Crippen molar-refractivity contribution in [3.63, 3.8) is 0 Å². The zero-order valence-corrected chi connectivity index (χ0v) is 18.6. The maximum absolute atomic E-state index is 13.1. The Morgan fingerprint density at radius 3 is 2.72 bits per heavy atom. The molecule has 166 valence electrons. The quantitative estimate of drug-likeness (QED) is 0.447. The van der Waals surface area contributed by atoms with Crippen LogP contribution >= 0.6 is 0 Å². The third kappa shape index (κ3) is 3.82. The number of carbonyl (C=O) groups excluding carboxylic acids is 1. The van der Waals surface area contributed by atoms with Crippen LogP contribution in [0.3, 0.4) is 0 Å². The van der Waals surface area contributed by atoms with E-state index in [0.29, 0.717) is 28.6 Å². The summed E-state index contributed by atoms with van der Waals surface area (Å²) in [5.74, 6) is -0.336. The van der Waals surface area contributed by atoms with E-state index in [-0.39, 0.29) is 18.9 Å². The van der Waals surface area contributed by atoms with Gasteiger partial charge < -0.3 is 19.3 Å². The number of aromatic hydroxyl groups is 1. The van der Waals surface area contributed by atoms with E-state index in [0.717, 1.165) is 16.8 Å². The van der Waals surface area contributed by atoms with Gasteiger partial charge >= 0.3 is 5.97 Å². The molecule has 0 unspecified atom stereocenters. The van der Waals surface area contributed by atoms with Crippen molar-refractivity contribution < 1.29 is 14.6 Å². The largest absolute Gasteiger partial charge is 0.507 e. The van der Waals surface area contributed by atoms with E-state index in [1.807, 2.05) is 48.8 Å². The van der Waals surface area contributed by atoms with Crippen LogP contribution in [0.4, 0.5) is 0 Å². The molecule has 0 saturated carbocycles. The summed E-state index contributed by atoms with van der Waals surface area (Å²) in [5.41, 5.74) is 4.08. The van der Waals surface area contributed by atoms with Crippen LogP contribution in [0.1, 0.15) is 28.5 Å². The fourth-order valence-corrected chi connectivity index (χ4v) is 3.99. The van der Waals surface area contributed by atoms with E-state index >= 15 is 0 Å². The van der Waals surface area contributed by atoms with Gasteiger partial charge in [-0.15, -0.1) is 0 Å². The third-order valence-corrected chi connectivity index (χ3v) is 5.39. The van der Waals surface area contributed by atoms with Crippen LogP contribution in [0.2, 0.25) is 0 Å². The highest BCUT2D eigenvalue weighted by molar-refractivity contribution is 6.09. The maximum Gasteiger partial charge on any atom is 0.340 e. The van der Waals surface area contributed by atoms with E-state index in [9.17, 15) is 9.90 Å². The second-order valence-corrected chi connectivity index (χ2v) is 7.82. The molecule has 0 amide bonds. The van der Waals surface area contributed by atoms with Crippen molar-refractivity contribution in [1.29, 1.82) is 0 Å². The predicted octanol–water partition coefficient (Wildman–Crippen LogP) is 2.82. The summed E-state index contributed by atoms with van der Waals surface area (Å²) < 4.78 is 9.03. The summed E-state index contributed by atoms with van der Waals surface area (Å²) in [6.45, 7) is 2.82. The average molecular weight is 435 g/mol. The molecule has 3 heterocycles. The number of pyridine rings is 1. The second kappa shape index (κ2) is 8.80. The lowest BCUT2D eigenvalue weighted by Crippen LogP contribution is -2.17. The molecule has 9 nitrogen and oxygen atoms in total. The number of benzene rings is 1. The van der Waals surface area contributed by atoms with E-state index in [1.165, 1.54) is 6.33 Å². The summed E-state index contributed by atoms with van der Waals surface area (Å²) in [6, 6.07) is 5.61. The Morgan fingerprint density at radius 1 is 1.28 bits per heavy atom. The van der Waals surface area contributed by atoms with Crippen LogP contribution in [-0.2, 0) is 24.9 Å². The van der Waals surface area contributed by atoms with Gasteiger partial charge in [0, 0.05) is 53.8 Å². The maximum atomic E-state index is 13.1. The summed E-state index contributed by atoms with van der Waals surface area (Å²) in [4.78, 5) is 23.3. The molecule has 3 aromatic heterocycles. The number of aromatic nitrogens is 5. The van der Waals surface area contributed by atoms with Gasteiger partial charge in [-0.25, -0.2) is 14.5 Å². The number of esters is 1. The standard InChI is InChI=1S/C23H26N6O3/c1-5-32-23(31)21-19(12-27(2)3)28(4)18-9-16(15-7-6-8-24-10-15)22(30)17(20(18)21)11-29-14-25-13-26-29/h6-10,13-14,30H,5,11-12H2,1-4H3. The van der Waals surface area contributed by atoms with Crippen molar-refractivity contribution in [3.8, 4) is 16.9 Å². The lowest BCUT2D eigenvalue weighted by Gasteiger charge is -2.14. The number of phenolic OH excluding ortho intramolecular Hbond substituents is 1. The number of hydrogen-bond donors (Lipinski definition) is 1. The second-order valence-electron chi connectivity index (χ2n) is 7.82. The minimum Gasteiger partial charge on any atom is -0.507 e. The number of rotatable bonds is 7. The van der Waals surface area contributed by atoms with Crippen molar-refractivity contribution >= 4 is 16.9 Å². The predicted molar refractivity (Wildman–Crippen MR) is 120 cm³/mol. The first-order chi connectivity index (χ1) is 15.4. The summed E-state index contributed by atoms with van der Waals surface area (Å²) in [7, 11) is 5.82. The molecule has 4 rings (SSSR count). The average Bonchev–Trinajstić information content (AvgIpc) is 3.37. The molecule has 32 heavy (non-hydrogen) atoms. The van der Waals surface area contributed by atoms with Crippen molar-refractivity contribution in [1.82, 2.24) is 29.2 Å². The minimum absolute atomic E-state index is 0.0774. The SMILES string of the molecule is CCOC(=O)c1c(CN(C)C)n(C)c2cc(-c3cccnc3)c(O)c(Cn3cncn3)c12. The molecule has 0 spiro atoms. The Labute approximate surface area is 185 Å². The van der Waals surface area contributed by atoms with Crippen molar-refractivity contribution in [2.45, 2.75) is 20.0 Å². The van der Waals surface area contributed by atoms with Gasteiger partial charge in [-0.05, 0) is 33.2 Å². The molecule has 1 aromatic carbocycles. The van der Waals surface area contributed by atoms with Crippen LogP contribution in [0.25, 0.3) is 22.0 Å². The number of ether oxygens (including phenoxy) is 1. The number of hydrogen-bond acceptors (Lipinski definition) is 7. The Bertz CT molecular complexity index is 1250. The summed E-state index contributed by atoms with van der Waals surface area (Å²) in [6.07, 6.45) is 6.41. The topological polar surface area (TPSA) is 98.3 Å². The molecule has 0 aliphatic carbocycles. The van der Waals surface area contributed by atoms with Gasteiger partial charge in [0.1, 0.15) is 18.4 Å². The molecular formula is C23H26N6O3. The number of nitrogens with zero attached hydrogens (tertiary/aromatic N) is 6. The molecule has 0 fully saturated rings. The smallest absolute Gasteiger partial charge is 0.340 e. The molecular weight excluding hydrogens is 408 g/mol. The monoisotopic (exact) mass is 434 g/mol. The fourth-order valence-electron chi connectivity index (χ4n) is 3.99. The normalized spacial score (nSPS) is 11.4. The molecule has 0 saturated heterocycles. The Morgan fingerprint density at radius 2 is 2.09 bits per heavy atom. The van der Waals surface area contributed by atoms with E-state index in [2.05, 4.69) is 15.1 Å². The zero-order valence-electron chi connectivity index (χ0n) is 18.6. The molecule has 4 aromatic rings. The first-order valence-corrected chi connectivity index (χ1v) is 10.3. The highest BCUT2D eigenvalue weighted by Crippen LogP contribution is 2.41. The van der Waals surface area contributed by atoms with Gasteiger partial charge in [0.05, 0.1) is 24.2 Å². The highest BCUT2D eigenvalue weighted by atomic mass is 16.5. The molecule has 0 aliphatic rings. The van der Waals surface area contributed by atoms with Crippen LogP contribution in [-0.4, -0.2) is 61.0 Å². The number of carbonyl (C=O) groups is 1. The Balaban J connectivity index is 2.09. The van der Waals surface area contributed by atoms with Gasteiger partial charge in [0.25, 0.3) is 0 Å². The van der Waals surface area contributed by atoms with Gasteiger partial charge in [-0.1, -0.05) is 6.07 Å². The summed E-state index contributed by atoms with van der Waals surface area (Å²) in [5, 5.41) is 16.3.